The number of ether oxygens (including phenoxy) is 4. The molecule has 0 unspecified atom stereocenters. The zero-order valence-electron chi connectivity index (χ0n) is 63.9. The number of hydrogen-bond donors (Lipinski definition) is 0. The van der Waals surface area contributed by atoms with Crippen LogP contribution in [0.25, 0.3) is 0 Å². The minimum atomic E-state index is -5.01. The molecule has 0 aliphatic carbocycles. The van der Waals surface area contributed by atoms with Crippen LogP contribution in [0.3, 0.4) is 0 Å². The maximum atomic E-state index is 13.0. The number of unbranched alkanes of at least 4 members (excludes halogenated alkanes) is 44. The van der Waals surface area contributed by atoms with Gasteiger partial charge in [-0.25, -0.2) is 36.0 Å². The zero-order valence-corrected chi connectivity index (χ0v) is 67.8. The van der Waals surface area contributed by atoms with Crippen LogP contribution in [-0.4, -0.2) is 114 Å². The molecule has 0 N–H and O–H groups in total. The quantitative estimate of drug-likeness (QED) is 0.0150. The average molecular weight is 1480 g/mol. The van der Waals surface area contributed by atoms with E-state index in [2.05, 4.69) is 76.3 Å². The first kappa shape index (κ1) is 97.4. The van der Waals surface area contributed by atoms with E-state index >= 15 is 0 Å². The molecular formula is C84H138CaO14S2. The van der Waals surface area contributed by atoms with E-state index in [1.807, 2.05) is 0 Å². The Labute approximate surface area is 645 Å². The van der Waals surface area contributed by atoms with Crippen molar-refractivity contribution < 1.29 is 64.1 Å². The Morgan fingerprint density at radius 3 is 0.653 bits per heavy atom. The fourth-order valence-corrected chi connectivity index (χ4v) is 13.2. The van der Waals surface area contributed by atoms with Gasteiger partial charge in [0.25, 0.3) is 0 Å². The Kier molecular flexibility index (Phi) is 66.9. The normalized spacial score (nSPS) is 11.8. The standard InChI is InChI=1S/2C42H70O7S.Ca/c2*1-3-5-7-9-11-13-15-17-19-21-23-25-27-29-31-36-48-41(43)38-34-33-35-39(50(45,46)47)40(38)42(44)49-37-32-30-28-26-24-22-20-18-16-14-12-10-8-6-4-2;/h2*9-12,33-35H,3-8,13-32,36-37H2,1-2H3,(H,45,46,47);/q;;+2/p-2/b2*11-9+,12-10+;. The molecule has 2 aromatic carbocycles. The number of carbonyl (C=O) groups excluding carboxylic acids is 4. The summed E-state index contributed by atoms with van der Waals surface area (Å²) in [4.78, 5) is 50.2. The molecule has 0 spiro atoms. The van der Waals surface area contributed by atoms with Gasteiger partial charge in [-0.1, -0.05) is 320 Å². The summed E-state index contributed by atoms with van der Waals surface area (Å²) >= 11 is 0. The molecule has 0 aromatic heterocycles. The third kappa shape index (κ3) is 55.5. The van der Waals surface area contributed by atoms with E-state index in [0.717, 1.165) is 89.2 Å². The predicted octanol–water partition coefficient (Wildman–Crippen LogP) is 24.0. The summed E-state index contributed by atoms with van der Waals surface area (Å²) in [7, 11) is -10.0. The van der Waals surface area contributed by atoms with Crippen molar-refractivity contribution in [1.29, 1.82) is 0 Å². The van der Waals surface area contributed by atoms with Crippen molar-refractivity contribution in [3.63, 3.8) is 0 Å². The maximum absolute atomic E-state index is 13.0. The van der Waals surface area contributed by atoms with E-state index in [0.29, 0.717) is 25.7 Å². The first-order chi connectivity index (χ1) is 48.6. The SMILES string of the molecule is CCCC/C=C/CCCCCCCCCCCOC(=O)c1cccc(S(=O)(=O)[O-])c1C(=O)OCCCCCCCCCCC/C=C/CCCC.CCCC/C=C/CCCCCCCCCCCOC(=O)c1cccc(S(=O)(=O)[O-])c1C(=O)OCCCCCCCCCCC/C=C/CCCC.[Ca+2]. The van der Waals surface area contributed by atoms with Gasteiger partial charge in [0.05, 0.1) is 58.5 Å². The Morgan fingerprint density at radius 2 is 0.455 bits per heavy atom. The molecule has 572 valence electrons. The van der Waals surface area contributed by atoms with Crippen LogP contribution in [0.15, 0.2) is 94.8 Å². The molecule has 0 atom stereocenters. The Morgan fingerprint density at radius 1 is 0.277 bits per heavy atom. The van der Waals surface area contributed by atoms with Gasteiger partial charge < -0.3 is 28.1 Å². The summed E-state index contributed by atoms with van der Waals surface area (Å²) in [5, 5.41) is 0. The van der Waals surface area contributed by atoms with Gasteiger partial charge in [0.1, 0.15) is 20.2 Å². The minimum absolute atomic E-state index is 0. The Balaban J connectivity index is 0.00000196. The summed E-state index contributed by atoms with van der Waals surface area (Å²) in [6.07, 6.45) is 77.8. The second kappa shape index (κ2) is 69.4. The van der Waals surface area contributed by atoms with E-state index in [1.165, 1.54) is 255 Å². The van der Waals surface area contributed by atoms with E-state index in [9.17, 15) is 45.1 Å². The second-order valence-corrected chi connectivity index (χ2v) is 29.8. The van der Waals surface area contributed by atoms with Crippen molar-refractivity contribution in [1.82, 2.24) is 0 Å². The topological polar surface area (TPSA) is 220 Å². The predicted molar refractivity (Wildman–Crippen MR) is 415 cm³/mol. The molecule has 0 saturated heterocycles. The molecule has 0 aliphatic rings. The van der Waals surface area contributed by atoms with Crippen molar-refractivity contribution in [2.75, 3.05) is 26.4 Å². The van der Waals surface area contributed by atoms with Gasteiger partial charge in [0, 0.05) is 0 Å². The van der Waals surface area contributed by atoms with Crippen molar-refractivity contribution in [2.24, 2.45) is 0 Å². The number of allylic oxidation sites excluding steroid dienone is 8. The van der Waals surface area contributed by atoms with Crippen molar-refractivity contribution >= 4 is 81.9 Å². The minimum Gasteiger partial charge on any atom is -0.744 e. The summed E-state index contributed by atoms with van der Waals surface area (Å²) in [5.74, 6) is -3.64. The molecule has 0 heterocycles. The van der Waals surface area contributed by atoms with Gasteiger partial charge in [-0.2, -0.15) is 0 Å². The van der Waals surface area contributed by atoms with Gasteiger partial charge >= 0.3 is 61.6 Å². The second-order valence-electron chi connectivity index (χ2n) is 27.1. The first-order valence-corrected chi connectivity index (χ1v) is 42.9. The molecule has 0 fully saturated rings. The number of carbonyl (C=O) groups is 4. The number of benzene rings is 2. The molecule has 0 bridgehead atoms. The van der Waals surface area contributed by atoms with Gasteiger partial charge in [-0.3, -0.25) is 0 Å². The Bertz CT molecular complexity index is 2540. The molecule has 2 rings (SSSR count). The zero-order chi connectivity index (χ0) is 73.1. The smallest absolute Gasteiger partial charge is 0.744 e. The van der Waals surface area contributed by atoms with Crippen LogP contribution in [0, 0.1) is 0 Å². The van der Waals surface area contributed by atoms with Crippen molar-refractivity contribution in [3.05, 3.63) is 107 Å². The van der Waals surface area contributed by atoms with E-state index in [-0.39, 0.29) is 75.3 Å². The molecule has 101 heavy (non-hydrogen) atoms. The van der Waals surface area contributed by atoms with Crippen LogP contribution in [0.1, 0.15) is 403 Å². The molecule has 2 aromatic rings. The number of esters is 4. The third-order valence-corrected chi connectivity index (χ3v) is 19.8. The number of hydrogen-bond acceptors (Lipinski definition) is 14. The molecular weight excluding hydrogens is 1340 g/mol. The van der Waals surface area contributed by atoms with Gasteiger partial charge in [0.2, 0.25) is 0 Å². The largest absolute Gasteiger partial charge is 2.00 e. The number of rotatable bonds is 66. The molecule has 14 nitrogen and oxygen atoms in total. The third-order valence-electron chi connectivity index (χ3n) is 18.0. The summed E-state index contributed by atoms with van der Waals surface area (Å²) in [6, 6.07) is 7.22. The first-order valence-electron chi connectivity index (χ1n) is 40.1. The van der Waals surface area contributed by atoms with Crippen LogP contribution in [-0.2, 0) is 39.2 Å². The van der Waals surface area contributed by atoms with Crippen LogP contribution in [0.4, 0.5) is 0 Å². The summed E-state index contributed by atoms with van der Waals surface area (Å²) < 4.78 is 93.2. The molecule has 0 radical (unpaired) electrons. The molecule has 17 heteroatoms. The van der Waals surface area contributed by atoms with Crippen LogP contribution in [0.2, 0.25) is 0 Å². The van der Waals surface area contributed by atoms with Gasteiger partial charge in [-0.15, -0.1) is 0 Å². The monoisotopic (exact) mass is 1470 g/mol. The Hall–Kier alpha value is -3.64. The van der Waals surface area contributed by atoms with Gasteiger partial charge in [0.15, 0.2) is 0 Å². The van der Waals surface area contributed by atoms with Gasteiger partial charge in [-0.05, 0) is 127 Å². The molecule has 0 saturated carbocycles. The average Bonchev–Trinajstić information content (AvgIpc) is 0.800. The molecule has 0 aliphatic heterocycles. The van der Waals surface area contributed by atoms with E-state index in [1.54, 1.807) is 0 Å². The fourth-order valence-electron chi connectivity index (χ4n) is 11.8. The van der Waals surface area contributed by atoms with Crippen LogP contribution in [0.5, 0.6) is 0 Å². The van der Waals surface area contributed by atoms with E-state index in [4.69, 9.17) is 18.9 Å². The van der Waals surface area contributed by atoms with Crippen molar-refractivity contribution in [3.8, 4) is 0 Å². The maximum Gasteiger partial charge on any atom is 2.00 e. The summed E-state index contributed by atoms with van der Waals surface area (Å²) in [6.45, 7) is 9.35. The van der Waals surface area contributed by atoms with Crippen molar-refractivity contribution in [2.45, 2.75) is 371 Å². The fraction of sp³-hybridized carbons (Fsp3) is 0.714. The summed E-state index contributed by atoms with van der Waals surface area (Å²) in [5.41, 5.74) is -1.57. The molecule has 0 amide bonds. The van der Waals surface area contributed by atoms with Crippen LogP contribution >= 0.6 is 0 Å². The van der Waals surface area contributed by atoms with E-state index < -0.39 is 65.0 Å². The van der Waals surface area contributed by atoms with Crippen LogP contribution < -0.4 is 0 Å².